The molecule has 15 heavy (non-hydrogen) atoms. The fraction of sp³-hybridized carbons (Fsp3) is 0.200. The Labute approximate surface area is 85.3 Å². The highest BCUT2D eigenvalue weighted by Crippen LogP contribution is 2.25. The average molecular weight is 207 g/mol. The highest BCUT2D eigenvalue weighted by Gasteiger charge is 2.15. The Balaban J connectivity index is 2.59. The smallest absolute Gasteiger partial charge is 0.392 e. The molecule has 0 saturated heterocycles. The lowest BCUT2D eigenvalue weighted by atomic mass is 10.3. The van der Waals surface area contributed by atoms with E-state index in [2.05, 4.69) is 4.98 Å². The highest BCUT2D eigenvalue weighted by atomic mass is 16.5. The fourth-order valence-electron chi connectivity index (χ4n) is 1.29. The van der Waals surface area contributed by atoms with E-state index in [0.717, 1.165) is 0 Å². The third-order valence-corrected chi connectivity index (χ3v) is 1.86. The van der Waals surface area contributed by atoms with Crippen molar-refractivity contribution in [1.29, 1.82) is 0 Å². The number of rotatable bonds is 3. The van der Waals surface area contributed by atoms with Gasteiger partial charge in [-0.2, -0.15) is 4.98 Å². The molecule has 0 radical (unpaired) electrons. The van der Waals surface area contributed by atoms with Crippen molar-refractivity contribution in [2.24, 2.45) is 0 Å². The van der Waals surface area contributed by atoms with Crippen molar-refractivity contribution in [2.45, 2.75) is 6.92 Å². The summed E-state index contributed by atoms with van der Waals surface area (Å²) in [5, 5.41) is 8.71. The number of para-hydroxylation sites is 1. The fourth-order valence-corrected chi connectivity index (χ4v) is 1.29. The van der Waals surface area contributed by atoms with E-state index in [9.17, 15) is 4.79 Å². The number of hydrogen-bond acceptors (Lipinski definition) is 4. The molecule has 0 bridgehead atoms. The number of nitrogens with zero attached hydrogens (tertiary/aromatic N) is 1. The molecule has 1 aromatic carbocycles. The first kappa shape index (κ1) is 9.51. The molecule has 0 atom stereocenters. The number of benzene rings is 1. The average Bonchev–Trinajstić information content (AvgIpc) is 2.63. The number of aromatic carboxylic acids is 1. The molecule has 1 aromatic heterocycles. The normalized spacial score (nSPS) is 10.5. The van der Waals surface area contributed by atoms with Gasteiger partial charge in [0, 0.05) is 0 Å². The molecule has 0 unspecified atom stereocenters. The Hall–Kier alpha value is -2.04. The van der Waals surface area contributed by atoms with Crippen molar-refractivity contribution in [3.8, 4) is 5.75 Å². The van der Waals surface area contributed by atoms with E-state index < -0.39 is 5.97 Å². The van der Waals surface area contributed by atoms with Gasteiger partial charge in [-0.15, -0.1) is 0 Å². The highest BCUT2D eigenvalue weighted by molar-refractivity contribution is 5.88. The minimum absolute atomic E-state index is 0.322. The molecule has 5 nitrogen and oxygen atoms in total. The van der Waals surface area contributed by atoms with E-state index >= 15 is 0 Å². The van der Waals surface area contributed by atoms with Crippen LogP contribution >= 0.6 is 0 Å². The first-order chi connectivity index (χ1) is 7.22. The third-order valence-electron chi connectivity index (χ3n) is 1.86. The van der Waals surface area contributed by atoms with Crippen molar-refractivity contribution in [3.05, 3.63) is 24.1 Å². The maximum Gasteiger partial charge on any atom is 0.392 e. The van der Waals surface area contributed by atoms with Crippen molar-refractivity contribution in [3.63, 3.8) is 0 Å². The van der Waals surface area contributed by atoms with Crippen LogP contribution in [-0.4, -0.2) is 22.7 Å². The maximum absolute atomic E-state index is 10.6. The third kappa shape index (κ3) is 1.63. The first-order valence-corrected chi connectivity index (χ1v) is 4.48. The number of fused-ring (bicyclic) bond motifs is 1. The van der Waals surface area contributed by atoms with Crippen LogP contribution in [-0.2, 0) is 0 Å². The summed E-state index contributed by atoms with van der Waals surface area (Å²) in [5.74, 6) is -0.975. The molecule has 0 spiro atoms. The molecule has 0 aliphatic rings. The van der Waals surface area contributed by atoms with Crippen LogP contribution in [0.15, 0.2) is 22.6 Å². The van der Waals surface area contributed by atoms with E-state index in [1.54, 1.807) is 18.2 Å². The summed E-state index contributed by atoms with van der Waals surface area (Å²) < 4.78 is 10.3. The molecule has 0 saturated carbocycles. The van der Waals surface area contributed by atoms with Gasteiger partial charge in [0.1, 0.15) is 5.75 Å². The van der Waals surface area contributed by atoms with Crippen molar-refractivity contribution in [1.82, 2.24) is 4.98 Å². The molecule has 78 valence electrons. The van der Waals surface area contributed by atoms with Gasteiger partial charge in [0.2, 0.25) is 0 Å². The quantitative estimate of drug-likeness (QED) is 0.832. The van der Waals surface area contributed by atoms with E-state index in [-0.39, 0.29) is 5.89 Å². The molecule has 0 aliphatic heterocycles. The second-order valence-corrected chi connectivity index (χ2v) is 2.86. The summed E-state index contributed by atoms with van der Waals surface area (Å²) in [6.45, 7) is 2.34. The van der Waals surface area contributed by atoms with Crippen LogP contribution in [0.5, 0.6) is 5.75 Å². The monoisotopic (exact) mass is 207 g/mol. The lowest BCUT2D eigenvalue weighted by Gasteiger charge is -2.00. The van der Waals surface area contributed by atoms with Crippen LogP contribution in [0.25, 0.3) is 11.1 Å². The van der Waals surface area contributed by atoms with Gasteiger partial charge in [-0.1, -0.05) is 6.07 Å². The van der Waals surface area contributed by atoms with Crippen LogP contribution in [0.1, 0.15) is 17.6 Å². The largest absolute Gasteiger partial charge is 0.491 e. The number of carboxylic acid groups (broad SMARTS) is 1. The Morgan fingerprint density at radius 3 is 3.07 bits per heavy atom. The second kappa shape index (κ2) is 3.61. The van der Waals surface area contributed by atoms with E-state index in [4.69, 9.17) is 14.3 Å². The Bertz CT molecular complexity index is 503. The molecule has 1 heterocycles. The molecule has 0 fully saturated rings. The predicted octanol–water partition coefficient (Wildman–Crippen LogP) is 1.92. The molecule has 5 heteroatoms. The molecular formula is C10H9NO4. The molecule has 0 amide bonds. The van der Waals surface area contributed by atoms with Crippen LogP contribution in [0.4, 0.5) is 0 Å². The van der Waals surface area contributed by atoms with Gasteiger partial charge < -0.3 is 14.3 Å². The van der Waals surface area contributed by atoms with Crippen molar-refractivity contribution in [2.75, 3.05) is 6.61 Å². The standard InChI is InChI=1S/C10H9NO4/c1-2-14-6-4-3-5-7-8(6)11-9(15-7)10(12)13/h3-5H,2H2,1H3,(H,12,13). The van der Waals surface area contributed by atoms with Gasteiger partial charge in [-0.25, -0.2) is 4.79 Å². The molecule has 2 rings (SSSR count). The lowest BCUT2D eigenvalue weighted by Crippen LogP contribution is -1.95. The number of ether oxygens (including phenoxy) is 1. The van der Waals surface area contributed by atoms with Crippen LogP contribution < -0.4 is 4.74 Å². The van der Waals surface area contributed by atoms with Gasteiger partial charge in [0.25, 0.3) is 0 Å². The Morgan fingerprint density at radius 2 is 2.40 bits per heavy atom. The summed E-state index contributed by atoms with van der Waals surface area (Å²) >= 11 is 0. The van der Waals surface area contributed by atoms with Crippen LogP contribution in [0, 0.1) is 0 Å². The van der Waals surface area contributed by atoms with E-state index in [1.807, 2.05) is 6.92 Å². The maximum atomic E-state index is 10.6. The molecule has 0 aliphatic carbocycles. The predicted molar refractivity (Wildman–Crippen MR) is 52.1 cm³/mol. The van der Waals surface area contributed by atoms with Gasteiger partial charge in [-0.3, -0.25) is 0 Å². The van der Waals surface area contributed by atoms with Crippen LogP contribution in [0.2, 0.25) is 0 Å². The number of hydrogen-bond donors (Lipinski definition) is 1. The number of carbonyl (C=O) groups is 1. The zero-order chi connectivity index (χ0) is 10.8. The van der Waals surface area contributed by atoms with Crippen molar-refractivity contribution < 1.29 is 19.1 Å². The second-order valence-electron chi connectivity index (χ2n) is 2.86. The minimum atomic E-state index is -1.19. The van der Waals surface area contributed by atoms with E-state index in [0.29, 0.717) is 23.5 Å². The lowest BCUT2D eigenvalue weighted by molar-refractivity contribution is 0.0656. The topological polar surface area (TPSA) is 72.6 Å². The number of carboxylic acids is 1. The summed E-state index contributed by atoms with van der Waals surface area (Å²) in [6.07, 6.45) is 0. The minimum Gasteiger partial charge on any atom is -0.491 e. The summed E-state index contributed by atoms with van der Waals surface area (Å²) in [5.41, 5.74) is 0.857. The van der Waals surface area contributed by atoms with Gasteiger partial charge in [0.15, 0.2) is 11.1 Å². The first-order valence-electron chi connectivity index (χ1n) is 4.48. The molecule has 2 aromatic rings. The van der Waals surface area contributed by atoms with E-state index in [1.165, 1.54) is 0 Å². The Kier molecular flexibility index (Phi) is 2.29. The number of aromatic nitrogens is 1. The summed E-state index contributed by atoms with van der Waals surface area (Å²) in [4.78, 5) is 14.5. The van der Waals surface area contributed by atoms with Gasteiger partial charge >= 0.3 is 11.9 Å². The van der Waals surface area contributed by atoms with Gasteiger partial charge in [-0.05, 0) is 19.1 Å². The van der Waals surface area contributed by atoms with Crippen molar-refractivity contribution >= 4 is 17.1 Å². The Morgan fingerprint density at radius 1 is 1.60 bits per heavy atom. The zero-order valence-corrected chi connectivity index (χ0v) is 8.06. The summed E-state index contributed by atoms with van der Waals surface area (Å²) in [6, 6.07) is 5.10. The van der Waals surface area contributed by atoms with Gasteiger partial charge in [0.05, 0.1) is 6.61 Å². The molecule has 1 N–H and O–H groups in total. The summed E-state index contributed by atoms with van der Waals surface area (Å²) in [7, 11) is 0. The molecular weight excluding hydrogens is 198 g/mol. The number of oxazole rings is 1. The zero-order valence-electron chi connectivity index (χ0n) is 8.06. The SMILES string of the molecule is CCOc1cccc2oc(C(=O)O)nc12. The van der Waals surface area contributed by atoms with Crippen LogP contribution in [0.3, 0.4) is 0 Å².